The molecule has 0 aliphatic rings. The van der Waals surface area contributed by atoms with Gasteiger partial charge < -0.3 is 10.8 Å². The smallest absolute Gasteiger partial charge is 0.309 e. The molecule has 0 saturated carbocycles. The summed E-state index contributed by atoms with van der Waals surface area (Å²) in [5.74, 6) is -0.792. The number of benzene rings is 1. The quantitative estimate of drug-likeness (QED) is 0.801. The highest BCUT2D eigenvalue weighted by molar-refractivity contribution is 5.73. The van der Waals surface area contributed by atoms with E-state index in [-0.39, 0.29) is 6.04 Å². The molecule has 0 aliphatic carbocycles. The van der Waals surface area contributed by atoms with E-state index < -0.39 is 11.4 Å². The van der Waals surface area contributed by atoms with Gasteiger partial charge in [0.25, 0.3) is 0 Å². The van der Waals surface area contributed by atoms with Crippen molar-refractivity contribution in [3.63, 3.8) is 0 Å². The molecule has 118 valence electrons. The van der Waals surface area contributed by atoms with E-state index in [2.05, 4.69) is 32.9 Å². The maximum atomic E-state index is 11.3. The monoisotopic (exact) mass is 291 g/mol. The van der Waals surface area contributed by atoms with Crippen LogP contribution in [0.5, 0.6) is 0 Å². The van der Waals surface area contributed by atoms with E-state index in [1.54, 1.807) is 13.8 Å². The number of aryl methyl sites for hydroxylation is 3. The van der Waals surface area contributed by atoms with E-state index in [4.69, 9.17) is 5.73 Å². The number of hydrogen-bond donors (Lipinski definition) is 2. The van der Waals surface area contributed by atoms with Crippen molar-refractivity contribution >= 4 is 5.97 Å². The molecule has 1 rings (SSSR count). The Kier molecular flexibility index (Phi) is 5.97. The van der Waals surface area contributed by atoms with Gasteiger partial charge in [-0.15, -0.1) is 0 Å². The van der Waals surface area contributed by atoms with Crippen LogP contribution in [-0.4, -0.2) is 11.1 Å². The van der Waals surface area contributed by atoms with E-state index in [1.165, 1.54) is 16.7 Å². The van der Waals surface area contributed by atoms with Crippen LogP contribution in [0.1, 0.15) is 69.3 Å². The molecule has 0 fully saturated rings. The van der Waals surface area contributed by atoms with Gasteiger partial charge in [-0.3, -0.25) is 4.79 Å². The Balaban J connectivity index is 3.24. The third-order valence-corrected chi connectivity index (χ3v) is 4.26. The lowest BCUT2D eigenvalue weighted by Gasteiger charge is -2.27. The molecular formula is C18H29NO2. The first-order valence-corrected chi connectivity index (χ1v) is 7.90. The molecular weight excluding hydrogens is 262 g/mol. The van der Waals surface area contributed by atoms with Crippen molar-refractivity contribution in [1.29, 1.82) is 0 Å². The molecule has 0 aromatic heterocycles. The van der Waals surface area contributed by atoms with Crippen LogP contribution < -0.4 is 5.73 Å². The highest BCUT2D eigenvalue weighted by Gasteiger charge is 2.31. The fourth-order valence-electron chi connectivity index (χ4n) is 2.86. The fraction of sp³-hybridized carbons (Fsp3) is 0.611. The van der Waals surface area contributed by atoms with Crippen LogP contribution >= 0.6 is 0 Å². The number of carbonyl (C=O) groups is 1. The third-order valence-electron chi connectivity index (χ3n) is 4.26. The minimum absolute atomic E-state index is 0.230. The predicted octanol–water partition coefficient (Wildman–Crippen LogP) is 3.87. The largest absolute Gasteiger partial charge is 0.481 e. The molecule has 1 unspecified atom stereocenters. The summed E-state index contributed by atoms with van der Waals surface area (Å²) in [5, 5.41) is 9.32. The highest BCUT2D eigenvalue weighted by atomic mass is 16.4. The molecule has 0 saturated heterocycles. The number of nitrogens with two attached hydrogens (primary N) is 1. The van der Waals surface area contributed by atoms with E-state index in [0.717, 1.165) is 24.8 Å². The molecule has 0 spiro atoms. The highest BCUT2D eigenvalue weighted by Crippen LogP contribution is 2.33. The summed E-state index contributed by atoms with van der Waals surface area (Å²) in [6, 6.07) is 4.22. The van der Waals surface area contributed by atoms with Gasteiger partial charge in [0.2, 0.25) is 0 Å². The van der Waals surface area contributed by atoms with Crippen molar-refractivity contribution in [3.05, 3.63) is 34.4 Å². The lowest BCUT2D eigenvalue weighted by atomic mass is 9.80. The van der Waals surface area contributed by atoms with Crippen LogP contribution in [0.2, 0.25) is 0 Å². The molecule has 21 heavy (non-hydrogen) atoms. The van der Waals surface area contributed by atoms with Crippen molar-refractivity contribution in [2.24, 2.45) is 11.1 Å². The summed E-state index contributed by atoms with van der Waals surface area (Å²) >= 11 is 0. The lowest BCUT2D eigenvalue weighted by molar-refractivity contribution is -0.147. The Morgan fingerprint density at radius 1 is 1.14 bits per heavy atom. The summed E-state index contributed by atoms with van der Waals surface area (Å²) in [6.07, 6.45) is 3.32. The maximum absolute atomic E-state index is 11.3. The first kappa shape index (κ1) is 17.7. The van der Waals surface area contributed by atoms with Crippen molar-refractivity contribution in [1.82, 2.24) is 0 Å². The number of carboxylic acids is 1. The van der Waals surface area contributed by atoms with Gasteiger partial charge in [-0.25, -0.2) is 0 Å². The SMILES string of the molecule is CCc1cc(CC)c(C(N)CC(C)(C)C(=O)O)c(CC)c1. The third kappa shape index (κ3) is 4.07. The van der Waals surface area contributed by atoms with E-state index >= 15 is 0 Å². The maximum Gasteiger partial charge on any atom is 0.309 e. The predicted molar refractivity (Wildman–Crippen MR) is 87.5 cm³/mol. The molecule has 1 aromatic rings. The fourth-order valence-corrected chi connectivity index (χ4v) is 2.86. The molecule has 0 amide bonds. The number of carboxylic acid groups (broad SMARTS) is 1. The topological polar surface area (TPSA) is 63.3 Å². The Labute approximate surface area is 128 Å². The standard InChI is InChI=1S/C18H29NO2/c1-6-12-9-13(7-2)16(14(8-3)10-12)15(19)11-18(4,5)17(20)21/h9-10,15H,6-8,11,19H2,1-5H3,(H,20,21). The average Bonchev–Trinajstić information content (AvgIpc) is 2.44. The molecule has 3 heteroatoms. The van der Waals surface area contributed by atoms with Gasteiger partial charge in [0.15, 0.2) is 0 Å². The van der Waals surface area contributed by atoms with Gasteiger partial charge >= 0.3 is 5.97 Å². The first-order chi connectivity index (χ1) is 9.76. The normalized spacial score (nSPS) is 13.2. The Bertz CT molecular complexity index is 481. The minimum Gasteiger partial charge on any atom is -0.481 e. The van der Waals surface area contributed by atoms with Gasteiger partial charge in [0.05, 0.1) is 5.41 Å². The number of rotatable bonds is 7. The summed E-state index contributed by atoms with van der Waals surface area (Å²) in [5.41, 5.74) is 10.6. The number of hydrogen-bond acceptors (Lipinski definition) is 2. The van der Waals surface area contributed by atoms with Crippen LogP contribution in [-0.2, 0) is 24.1 Å². The lowest BCUT2D eigenvalue weighted by Crippen LogP contribution is -2.30. The van der Waals surface area contributed by atoms with E-state index in [0.29, 0.717) is 6.42 Å². The second kappa shape index (κ2) is 7.08. The zero-order chi connectivity index (χ0) is 16.2. The van der Waals surface area contributed by atoms with Crippen molar-refractivity contribution in [2.45, 2.75) is 66.3 Å². The minimum atomic E-state index is -0.807. The summed E-state index contributed by atoms with van der Waals surface area (Å²) in [6.45, 7) is 9.90. The zero-order valence-electron chi connectivity index (χ0n) is 14.0. The molecule has 3 nitrogen and oxygen atoms in total. The van der Waals surface area contributed by atoms with Gasteiger partial charge in [-0.05, 0) is 61.8 Å². The van der Waals surface area contributed by atoms with E-state index in [1.807, 2.05) is 0 Å². The zero-order valence-corrected chi connectivity index (χ0v) is 14.0. The molecule has 0 heterocycles. The van der Waals surface area contributed by atoms with Crippen molar-refractivity contribution < 1.29 is 9.90 Å². The molecule has 1 aromatic carbocycles. The Morgan fingerprint density at radius 2 is 1.62 bits per heavy atom. The van der Waals surface area contributed by atoms with Crippen LogP contribution in [0.25, 0.3) is 0 Å². The van der Waals surface area contributed by atoms with Gasteiger partial charge in [0, 0.05) is 6.04 Å². The van der Waals surface area contributed by atoms with E-state index in [9.17, 15) is 9.90 Å². The van der Waals surface area contributed by atoms with Crippen LogP contribution in [0.4, 0.5) is 0 Å². The second-order valence-corrected chi connectivity index (χ2v) is 6.39. The summed E-state index contributed by atoms with van der Waals surface area (Å²) < 4.78 is 0. The summed E-state index contributed by atoms with van der Waals surface area (Å²) in [4.78, 5) is 11.3. The second-order valence-electron chi connectivity index (χ2n) is 6.39. The summed E-state index contributed by atoms with van der Waals surface area (Å²) in [7, 11) is 0. The molecule has 0 aliphatic heterocycles. The molecule has 1 atom stereocenters. The first-order valence-electron chi connectivity index (χ1n) is 7.90. The molecule has 0 bridgehead atoms. The Morgan fingerprint density at radius 3 is 1.95 bits per heavy atom. The van der Waals surface area contributed by atoms with Crippen LogP contribution in [0.3, 0.4) is 0 Å². The van der Waals surface area contributed by atoms with Crippen molar-refractivity contribution in [3.8, 4) is 0 Å². The van der Waals surface area contributed by atoms with Gasteiger partial charge in [-0.2, -0.15) is 0 Å². The van der Waals surface area contributed by atoms with Gasteiger partial charge in [0.1, 0.15) is 0 Å². The van der Waals surface area contributed by atoms with Crippen molar-refractivity contribution in [2.75, 3.05) is 0 Å². The van der Waals surface area contributed by atoms with Crippen LogP contribution in [0, 0.1) is 5.41 Å². The number of aliphatic carboxylic acids is 1. The Hall–Kier alpha value is -1.35. The van der Waals surface area contributed by atoms with Gasteiger partial charge in [-0.1, -0.05) is 32.9 Å². The van der Waals surface area contributed by atoms with Crippen LogP contribution in [0.15, 0.2) is 12.1 Å². The average molecular weight is 291 g/mol. The molecule has 0 radical (unpaired) electrons. The molecule has 3 N–H and O–H groups in total.